The lowest BCUT2D eigenvalue weighted by molar-refractivity contribution is -0.913. The Morgan fingerprint density at radius 3 is 2.35 bits per heavy atom. The summed E-state index contributed by atoms with van der Waals surface area (Å²) in [6, 6.07) is 0. The van der Waals surface area contributed by atoms with Crippen LogP contribution < -0.4 is 5.32 Å². The van der Waals surface area contributed by atoms with Gasteiger partial charge in [-0.2, -0.15) is 0 Å². The minimum absolute atomic E-state index is 0.277. The lowest BCUT2D eigenvalue weighted by Crippen LogP contribution is -2.55. The minimum atomic E-state index is 0.277. The van der Waals surface area contributed by atoms with Gasteiger partial charge in [-0.25, -0.2) is 0 Å². The number of carbonyl (C=O) groups is 1. The largest absolute Gasteiger partial charge is 0.340 e. The highest BCUT2D eigenvalue weighted by Crippen LogP contribution is 2.24. The first-order valence-corrected chi connectivity index (χ1v) is 7.99. The van der Waals surface area contributed by atoms with Crippen molar-refractivity contribution in [2.45, 2.75) is 12.8 Å². The molecule has 1 amide bonds. The molecular formula is C15H31N4O+. The Hall–Kier alpha value is -0.650. The van der Waals surface area contributed by atoms with Crippen molar-refractivity contribution in [3.8, 4) is 0 Å². The van der Waals surface area contributed by atoms with Crippen LogP contribution in [0.5, 0.6) is 0 Å². The Kier molecular flexibility index (Phi) is 5.41. The zero-order valence-electron chi connectivity index (χ0n) is 13.4. The number of piperidine rings is 1. The van der Waals surface area contributed by atoms with Gasteiger partial charge in [0.15, 0.2) is 0 Å². The van der Waals surface area contributed by atoms with Gasteiger partial charge in [-0.15, -0.1) is 0 Å². The highest BCUT2D eigenvalue weighted by molar-refractivity contribution is 5.79. The van der Waals surface area contributed by atoms with Crippen LogP contribution in [0.25, 0.3) is 0 Å². The summed E-state index contributed by atoms with van der Waals surface area (Å²) in [5, 5.41) is 3.23. The van der Waals surface area contributed by atoms with Crippen LogP contribution in [0.2, 0.25) is 0 Å². The van der Waals surface area contributed by atoms with Crippen molar-refractivity contribution in [3.05, 3.63) is 0 Å². The second-order valence-electron chi connectivity index (χ2n) is 6.80. The predicted octanol–water partition coefficient (Wildman–Crippen LogP) is -0.164. The topological polar surface area (TPSA) is 35.6 Å². The minimum Gasteiger partial charge on any atom is -0.340 e. The molecule has 2 aliphatic heterocycles. The number of likely N-dealkylation sites (N-methyl/N-ethyl adjacent to an activating group) is 3. The van der Waals surface area contributed by atoms with E-state index in [4.69, 9.17) is 0 Å². The first-order valence-electron chi connectivity index (χ1n) is 7.99. The smallest absolute Gasteiger partial charge is 0.226 e. The molecule has 116 valence electrons. The number of nitrogens with zero attached hydrogens (tertiary/aromatic N) is 3. The molecule has 5 heteroatoms. The second kappa shape index (κ2) is 6.87. The van der Waals surface area contributed by atoms with Crippen LogP contribution in [0.3, 0.4) is 0 Å². The van der Waals surface area contributed by atoms with Gasteiger partial charge in [0.2, 0.25) is 5.91 Å². The molecule has 2 aliphatic rings. The maximum absolute atomic E-state index is 12.6. The maximum Gasteiger partial charge on any atom is 0.226 e. The van der Waals surface area contributed by atoms with Gasteiger partial charge >= 0.3 is 0 Å². The zero-order valence-corrected chi connectivity index (χ0v) is 13.4. The van der Waals surface area contributed by atoms with E-state index in [1.807, 2.05) is 7.05 Å². The second-order valence-corrected chi connectivity index (χ2v) is 6.80. The molecule has 0 aromatic carbocycles. The van der Waals surface area contributed by atoms with Crippen molar-refractivity contribution in [1.29, 1.82) is 0 Å². The van der Waals surface area contributed by atoms with Gasteiger partial charge in [-0.3, -0.25) is 4.79 Å². The molecule has 2 saturated heterocycles. The van der Waals surface area contributed by atoms with E-state index in [9.17, 15) is 4.79 Å². The van der Waals surface area contributed by atoms with E-state index in [0.29, 0.717) is 5.91 Å². The van der Waals surface area contributed by atoms with Crippen LogP contribution in [-0.4, -0.2) is 93.7 Å². The van der Waals surface area contributed by atoms with Gasteiger partial charge < -0.3 is 19.6 Å². The quantitative estimate of drug-likeness (QED) is 0.728. The fraction of sp³-hybridized carbons (Fsp3) is 0.933. The van der Waals surface area contributed by atoms with Crippen molar-refractivity contribution in [2.24, 2.45) is 5.92 Å². The van der Waals surface area contributed by atoms with Crippen molar-refractivity contribution in [1.82, 2.24) is 15.1 Å². The molecule has 0 aromatic heterocycles. The van der Waals surface area contributed by atoms with Crippen molar-refractivity contribution >= 4 is 5.91 Å². The van der Waals surface area contributed by atoms with Gasteiger partial charge in [-0.05, 0) is 14.1 Å². The van der Waals surface area contributed by atoms with E-state index in [-0.39, 0.29) is 5.92 Å². The molecule has 0 bridgehead atoms. The number of amides is 1. The normalized spacial score (nSPS) is 32.4. The molecular weight excluding hydrogens is 252 g/mol. The number of rotatable bonds is 4. The average molecular weight is 283 g/mol. The van der Waals surface area contributed by atoms with Crippen molar-refractivity contribution in [3.63, 3.8) is 0 Å². The van der Waals surface area contributed by atoms with Crippen molar-refractivity contribution < 1.29 is 9.28 Å². The summed E-state index contributed by atoms with van der Waals surface area (Å²) >= 11 is 0. The van der Waals surface area contributed by atoms with Crippen LogP contribution in [-0.2, 0) is 4.79 Å². The SMILES string of the molecule is CNCC[N+]1(C)CCC(C(=O)N2CCN(C)CC2)CC1. The molecule has 2 fully saturated rings. The number of carbonyl (C=O) groups excluding carboxylic acids is 1. The third kappa shape index (κ3) is 3.93. The van der Waals surface area contributed by atoms with E-state index >= 15 is 0 Å². The monoisotopic (exact) mass is 283 g/mol. The molecule has 0 aliphatic carbocycles. The lowest BCUT2D eigenvalue weighted by atomic mass is 9.93. The molecule has 20 heavy (non-hydrogen) atoms. The average Bonchev–Trinajstić information content (AvgIpc) is 2.46. The number of nitrogens with one attached hydrogen (secondary N) is 1. The van der Waals surface area contributed by atoms with Crippen molar-refractivity contribution in [2.75, 3.05) is 73.5 Å². The molecule has 0 atom stereocenters. The van der Waals surface area contributed by atoms with E-state index in [0.717, 1.165) is 63.1 Å². The maximum atomic E-state index is 12.6. The number of quaternary nitrogens is 1. The summed E-state index contributed by atoms with van der Waals surface area (Å²) in [7, 11) is 6.47. The molecule has 2 rings (SSSR count). The highest BCUT2D eigenvalue weighted by atomic mass is 16.2. The molecule has 0 saturated carbocycles. The van der Waals surface area contributed by atoms with E-state index < -0.39 is 0 Å². The fourth-order valence-corrected chi connectivity index (χ4v) is 3.33. The van der Waals surface area contributed by atoms with E-state index in [2.05, 4.69) is 29.2 Å². The number of hydrogen-bond donors (Lipinski definition) is 1. The molecule has 0 spiro atoms. The summed E-state index contributed by atoms with van der Waals surface area (Å²) < 4.78 is 1.12. The van der Waals surface area contributed by atoms with Gasteiger partial charge in [0, 0.05) is 51.5 Å². The van der Waals surface area contributed by atoms with Crippen LogP contribution in [0.4, 0.5) is 0 Å². The molecule has 5 nitrogen and oxygen atoms in total. The Morgan fingerprint density at radius 2 is 1.80 bits per heavy atom. The Labute approximate surface area is 123 Å². The summed E-state index contributed by atoms with van der Waals surface area (Å²) in [4.78, 5) is 17.0. The van der Waals surface area contributed by atoms with Crippen LogP contribution in [0.1, 0.15) is 12.8 Å². The summed E-state index contributed by atoms with van der Waals surface area (Å²) in [5.41, 5.74) is 0. The van der Waals surface area contributed by atoms with E-state index in [1.165, 1.54) is 6.54 Å². The molecule has 0 aromatic rings. The highest BCUT2D eigenvalue weighted by Gasteiger charge is 2.35. The Balaban J connectivity index is 1.79. The third-order valence-electron chi connectivity index (χ3n) is 5.10. The zero-order chi connectivity index (χ0) is 14.6. The van der Waals surface area contributed by atoms with Crippen LogP contribution in [0.15, 0.2) is 0 Å². The summed E-state index contributed by atoms with van der Waals surface area (Å²) in [6.45, 7) is 8.40. The van der Waals surface area contributed by atoms with Crippen LogP contribution in [0, 0.1) is 5.92 Å². The first kappa shape index (κ1) is 15.7. The third-order valence-corrected chi connectivity index (χ3v) is 5.10. The molecule has 1 N–H and O–H groups in total. The fourth-order valence-electron chi connectivity index (χ4n) is 3.33. The number of likely N-dealkylation sites (tertiary alicyclic amines) is 1. The number of piperazine rings is 1. The standard InChI is InChI=1S/C15H31N4O/c1-16-6-13-19(3)11-4-14(5-12-19)15(20)18-9-7-17(2)8-10-18/h14,16H,4-13H2,1-3H3/q+1. The molecule has 2 heterocycles. The Morgan fingerprint density at radius 1 is 1.20 bits per heavy atom. The van der Waals surface area contributed by atoms with Crippen LogP contribution >= 0.6 is 0 Å². The summed E-state index contributed by atoms with van der Waals surface area (Å²) in [5.74, 6) is 0.692. The summed E-state index contributed by atoms with van der Waals surface area (Å²) in [6.07, 6.45) is 2.12. The number of hydrogen-bond acceptors (Lipinski definition) is 3. The van der Waals surface area contributed by atoms with Gasteiger partial charge in [0.1, 0.15) is 0 Å². The lowest BCUT2D eigenvalue weighted by Gasteiger charge is -2.42. The van der Waals surface area contributed by atoms with Gasteiger partial charge in [0.05, 0.1) is 26.7 Å². The molecule has 0 unspecified atom stereocenters. The Bertz CT molecular complexity index is 318. The van der Waals surface area contributed by atoms with Gasteiger partial charge in [0.25, 0.3) is 0 Å². The van der Waals surface area contributed by atoms with E-state index in [1.54, 1.807) is 0 Å². The predicted molar refractivity (Wildman–Crippen MR) is 81.5 cm³/mol. The van der Waals surface area contributed by atoms with Gasteiger partial charge in [-0.1, -0.05) is 0 Å². The first-order chi connectivity index (χ1) is 9.54. The molecule has 0 radical (unpaired) electrons.